The normalized spacial score (nSPS) is 15.5. The second-order valence-electron chi connectivity index (χ2n) is 5.88. The van der Waals surface area contributed by atoms with Gasteiger partial charge in [-0.25, -0.2) is 9.97 Å². The molecule has 0 radical (unpaired) electrons. The highest BCUT2D eigenvalue weighted by Gasteiger charge is 2.31. The summed E-state index contributed by atoms with van der Waals surface area (Å²) in [6.07, 6.45) is 5.07. The van der Waals surface area contributed by atoms with Crippen LogP contribution in [-0.4, -0.2) is 32.6 Å². The van der Waals surface area contributed by atoms with Crippen LogP contribution in [0.1, 0.15) is 24.5 Å². The molecule has 1 fully saturated rings. The van der Waals surface area contributed by atoms with Gasteiger partial charge in [-0.15, -0.1) is 0 Å². The number of aliphatic hydroxyl groups is 1. The standard InChI is InChI=1S/C18H18N4O/c23-16(13-4-2-1-3-5-13)12-22(14-6-7-14)17-9-8-15-18(21-17)20-11-10-19-15/h1-5,8-11,14,16,23H,6-7,12H2/t16-/m0/s1. The lowest BCUT2D eigenvalue weighted by molar-refractivity contribution is 0.182. The van der Waals surface area contributed by atoms with Crippen molar-refractivity contribution in [1.29, 1.82) is 0 Å². The van der Waals surface area contributed by atoms with E-state index in [1.54, 1.807) is 12.4 Å². The zero-order valence-electron chi connectivity index (χ0n) is 12.7. The lowest BCUT2D eigenvalue weighted by Gasteiger charge is -2.26. The van der Waals surface area contributed by atoms with Gasteiger partial charge in [0.2, 0.25) is 0 Å². The summed E-state index contributed by atoms with van der Waals surface area (Å²) in [4.78, 5) is 15.3. The summed E-state index contributed by atoms with van der Waals surface area (Å²) in [5.74, 6) is 0.857. The Bertz CT molecular complexity index is 804. The molecule has 0 spiro atoms. The van der Waals surface area contributed by atoms with E-state index in [1.165, 1.54) is 0 Å². The first-order valence-electron chi connectivity index (χ1n) is 7.89. The van der Waals surface area contributed by atoms with E-state index in [-0.39, 0.29) is 0 Å². The minimum Gasteiger partial charge on any atom is -0.387 e. The zero-order valence-corrected chi connectivity index (χ0v) is 12.7. The third-order valence-electron chi connectivity index (χ3n) is 4.15. The third-order valence-corrected chi connectivity index (χ3v) is 4.15. The second kappa shape index (κ2) is 5.93. The molecule has 23 heavy (non-hydrogen) atoms. The number of aliphatic hydroxyl groups excluding tert-OH is 1. The predicted molar refractivity (Wildman–Crippen MR) is 89.1 cm³/mol. The number of pyridine rings is 1. The SMILES string of the molecule is O[C@@H](CN(c1ccc2nccnc2n1)C1CC1)c1ccccc1. The molecule has 0 unspecified atom stereocenters. The molecule has 5 heteroatoms. The van der Waals surface area contributed by atoms with Gasteiger partial charge in [-0.3, -0.25) is 4.98 Å². The highest BCUT2D eigenvalue weighted by Crippen LogP contribution is 2.32. The van der Waals surface area contributed by atoms with Crippen molar-refractivity contribution in [2.45, 2.75) is 25.0 Å². The van der Waals surface area contributed by atoms with Gasteiger partial charge in [-0.05, 0) is 30.5 Å². The molecular formula is C18H18N4O. The zero-order chi connectivity index (χ0) is 15.6. The number of rotatable bonds is 5. The summed E-state index contributed by atoms with van der Waals surface area (Å²) >= 11 is 0. The van der Waals surface area contributed by atoms with E-state index >= 15 is 0 Å². The fourth-order valence-electron chi connectivity index (χ4n) is 2.79. The molecule has 1 aliphatic carbocycles. The first-order valence-corrected chi connectivity index (χ1v) is 7.89. The third kappa shape index (κ3) is 3.00. The van der Waals surface area contributed by atoms with Crippen molar-refractivity contribution >= 4 is 17.0 Å². The van der Waals surface area contributed by atoms with Crippen LogP contribution in [0.2, 0.25) is 0 Å². The molecule has 0 aliphatic heterocycles. The van der Waals surface area contributed by atoms with Crippen LogP contribution in [0.25, 0.3) is 11.2 Å². The van der Waals surface area contributed by atoms with Crippen LogP contribution in [0.3, 0.4) is 0 Å². The predicted octanol–water partition coefficient (Wildman–Crippen LogP) is 2.73. The lowest BCUT2D eigenvalue weighted by atomic mass is 10.1. The molecule has 1 N–H and O–H groups in total. The van der Waals surface area contributed by atoms with E-state index in [2.05, 4.69) is 19.9 Å². The van der Waals surface area contributed by atoms with E-state index in [1.807, 2.05) is 42.5 Å². The summed E-state index contributed by atoms with van der Waals surface area (Å²) < 4.78 is 0. The van der Waals surface area contributed by atoms with E-state index in [0.717, 1.165) is 29.7 Å². The molecular weight excluding hydrogens is 288 g/mol. The topological polar surface area (TPSA) is 62.1 Å². The summed E-state index contributed by atoms with van der Waals surface area (Å²) in [6.45, 7) is 0.535. The van der Waals surface area contributed by atoms with Crippen molar-refractivity contribution in [3.8, 4) is 0 Å². The Morgan fingerprint density at radius 1 is 1.04 bits per heavy atom. The molecule has 1 aliphatic rings. The smallest absolute Gasteiger partial charge is 0.180 e. The molecule has 0 amide bonds. The van der Waals surface area contributed by atoms with Crippen LogP contribution in [0.5, 0.6) is 0 Å². The Balaban J connectivity index is 1.62. The van der Waals surface area contributed by atoms with Crippen molar-refractivity contribution in [1.82, 2.24) is 15.0 Å². The summed E-state index contributed by atoms with van der Waals surface area (Å²) in [5.41, 5.74) is 2.36. The van der Waals surface area contributed by atoms with Gasteiger partial charge in [-0.2, -0.15) is 0 Å². The number of fused-ring (bicyclic) bond motifs is 1. The van der Waals surface area contributed by atoms with Crippen LogP contribution in [0, 0.1) is 0 Å². The van der Waals surface area contributed by atoms with Gasteiger partial charge in [0.1, 0.15) is 11.3 Å². The minimum absolute atomic E-state index is 0.454. The van der Waals surface area contributed by atoms with Gasteiger partial charge in [0.05, 0.1) is 6.10 Å². The maximum Gasteiger partial charge on any atom is 0.180 e. The van der Waals surface area contributed by atoms with Gasteiger partial charge >= 0.3 is 0 Å². The van der Waals surface area contributed by atoms with Gasteiger partial charge in [-0.1, -0.05) is 30.3 Å². The Morgan fingerprint density at radius 3 is 2.61 bits per heavy atom. The Labute approximate surface area is 134 Å². The molecule has 0 bridgehead atoms. The van der Waals surface area contributed by atoms with Crippen LogP contribution >= 0.6 is 0 Å². The average molecular weight is 306 g/mol. The molecule has 1 atom stereocenters. The summed E-state index contributed by atoms with van der Waals surface area (Å²) in [5, 5.41) is 10.5. The number of hydrogen-bond acceptors (Lipinski definition) is 5. The van der Waals surface area contributed by atoms with Crippen molar-refractivity contribution in [3.05, 3.63) is 60.4 Å². The van der Waals surface area contributed by atoms with E-state index in [9.17, 15) is 5.11 Å². The molecule has 2 aromatic heterocycles. The number of anilines is 1. The number of benzene rings is 1. The minimum atomic E-state index is -0.531. The molecule has 5 nitrogen and oxygen atoms in total. The number of nitrogens with zero attached hydrogens (tertiary/aromatic N) is 4. The van der Waals surface area contributed by atoms with Gasteiger partial charge < -0.3 is 10.0 Å². The van der Waals surface area contributed by atoms with Crippen LogP contribution in [0.4, 0.5) is 5.82 Å². The summed E-state index contributed by atoms with van der Waals surface area (Å²) in [7, 11) is 0. The second-order valence-corrected chi connectivity index (χ2v) is 5.88. The molecule has 0 saturated heterocycles. The monoisotopic (exact) mass is 306 g/mol. The number of aromatic nitrogens is 3. The Kier molecular flexibility index (Phi) is 3.63. The van der Waals surface area contributed by atoms with Crippen LogP contribution < -0.4 is 4.90 Å². The Morgan fingerprint density at radius 2 is 1.83 bits per heavy atom. The van der Waals surface area contributed by atoms with E-state index in [4.69, 9.17) is 0 Å². The maximum absolute atomic E-state index is 10.5. The molecule has 2 heterocycles. The fraction of sp³-hybridized carbons (Fsp3) is 0.278. The van der Waals surface area contributed by atoms with Crippen molar-refractivity contribution in [2.75, 3.05) is 11.4 Å². The summed E-state index contributed by atoms with van der Waals surface area (Å²) in [6, 6.07) is 14.1. The molecule has 116 valence electrons. The lowest BCUT2D eigenvalue weighted by Crippen LogP contribution is -2.31. The van der Waals surface area contributed by atoms with E-state index < -0.39 is 6.10 Å². The molecule has 4 rings (SSSR count). The average Bonchev–Trinajstić information content (AvgIpc) is 3.45. The Hall–Kier alpha value is -2.53. The highest BCUT2D eigenvalue weighted by atomic mass is 16.3. The first-order chi connectivity index (χ1) is 11.3. The molecule has 1 aromatic carbocycles. The highest BCUT2D eigenvalue weighted by molar-refractivity contribution is 5.71. The quantitative estimate of drug-likeness (QED) is 0.785. The number of hydrogen-bond donors (Lipinski definition) is 1. The van der Waals surface area contributed by atoms with E-state index in [0.29, 0.717) is 18.2 Å². The molecule has 1 saturated carbocycles. The van der Waals surface area contributed by atoms with Crippen LogP contribution in [-0.2, 0) is 0 Å². The van der Waals surface area contributed by atoms with Crippen LogP contribution in [0.15, 0.2) is 54.9 Å². The first kappa shape index (κ1) is 14.1. The van der Waals surface area contributed by atoms with Crippen molar-refractivity contribution < 1.29 is 5.11 Å². The van der Waals surface area contributed by atoms with Gasteiger partial charge in [0.15, 0.2) is 5.65 Å². The molecule has 3 aromatic rings. The fourth-order valence-corrected chi connectivity index (χ4v) is 2.79. The van der Waals surface area contributed by atoms with Crippen molar-refractivity contribution in [2.24, 2.45) is 0 Å². The largest absolute Gasteiger partial charge is 0.387 e. The maximum atomic E-state index is 10.5. The van der Waals surface area contributed by atoms with Gasteiger partial charge in [0.25, 0.3) is 0 Å². The van der Waals surface area contributed by atoms with Crippen molar-refractivity contribution in [3.63, 3.8) is 0 Å². The van der Waals surface area contributed by atoms with Gasteiger partial charge in [0, 0.05) is 25.0 Å².